The van der Waals surface area contributed by atoms with Crippen LogP contribution < -0.4 is 0 Å². The van der Waals surface area contributed by atoms with Crippen molar-refractivity contribution in [1.29, 1.82) is 0 Å². The van der Waals surface area contributed by atoms with Crippen LogP contribution in [0.5, 0.6) is 0 Å². The number of esters is 1. The smallest absolute Gasteiger partial charge is 0.376 e. The molecule has 2 aromatic rings. The van der Waals surface area contributed by atoms with Crippen molar-refractivity contribution in [2.45, 2.75) is 19.5 Å². The lowest BCUT2D eigenvalue weighted by molar-refractivity contribution is -0.170. The van der Waals surface area contributed by atoms with E-state index in [-0.39, 0.29) is 6.61 Å². The van der Waals surface area contributed by atoms with Gasteiger partial charge in [-0.05, 0) is 22.4 Å². The quantitative estimate of drug-likeness (QED) is 0.779. The molecule has 0 aromatic heterocycles. The first-order valence-electron chi connectivity index (χ1n) is 5.49. The van der Waals surface area contributed by atoms with Gasteiger partial charge in [-0.25, -0.2) is 4.79 Å². The minimum absolute atomic E-state index is 0.146. The van der Waals surface area contributed by atoms with E-state index in [1.54, 1.807) is 6.07 Å². The molecule has 4 heteroatoms. The fourth-order valence-corrected chi connectivity index (χ4v) is 1.60. The highest BCUT2D eigenvalue weighted by atomic mass is 19.3. The molecule has 0 aliphatic heterocycles. The van der Waals surface area contributed by atoms with Crippen LogP contribution in [0.15, 0.2) is 42.5 Å². The molecule has 2 nitrogen and oxygen atoms in total. The third kappa shape index (κ3) is 2.83. The third-order valence-electron chi connectivity index (χ3n) is 2.54. The molecule has 0 atom stereocenters. The van der Waals surface area contributed by atoms with Gasteiger partial charge in [0, 0.05) is 6.92 Å². The standard InChI is InChI=1S/C14H12F2O2/c1-14(15,16)13(17)18-9-10-6-7-11-4-2-3-5-12(11)8-10/h2-8H,9H2,1H3. The van der Waals surface area contributed by atoms with E-state index in [1.165, 1.54) is 0 Å². The van der Waals surface area contributed by atoms with Crippen molar-refractivity contribution in [2.24, 2.45) is 0 Å². The van der Waals surface area contributed by atoms with Crippen molar-refractivity contribution < 1.29 is 18.3 Å². The van der Waals surface area contributed by atoms with Crippen LogP contribution in [-0.2, 0) is 16.1 Å². The summed E-state index contributed by atoms with van der Waals surface area (Å²) in [5, 5.41) is 2.03. The summed E-state index contributed by atoms with van der Waals surface area (Å²) in [6.45, 7) is 0.378. The normalized spacial score (nSPS) is 11.5. The van der Waals surface area contributed by atoms with Crippen molar-refractivity contribution >= 4 is 16.7 Å². The Balaban J connectivity index is 2.11. The maximum atomic E-state index is 12.6. The highest BCUT2D eigenvalue weighted by Gasteiger charge is 2.34. The predicted octanol–water partition coefficient (Wildman–Crippen LogP) is 3.54. The monoisotopic (exact) mass is 250 g/mol. The number of hydrogen-bond donors (Lipinski definition) is 0. The summed E-state index contributed by atoms with van der Waals surface area (Å²) in [4.78, 5) is 10.9. The van der Waals surface area contributed by atoms with Gasteiger partial charge in [0.15, 0.2) is 0 Å². The summed E-state index contributed by atoms with van der Waals surface area (Å²) in [5.74, 6) is -4.95. The Labute approximate surface area is 103 Å². The first kappa shape index (κ1) is 12.5. The molecular weight excluding hydrogens is 238 g/mol. The largest absolute Gasteiger partial charge is 0.456 e. The van der Waals surface area contributed by atoms with Gasteiger partial charge in [0.2, 0.25) is 0 Å². The fraction of sp³-hybridized carbons (Fsp3) is 0.214. The Kier molecular flexibility index (Phi) is 3.28. The van der Waals surface area contributed by atoms with Gasteiger partial charge in [-0.2, -0.15) is 8.78 Å². The average molecular weight is 250 g/mol. The Morgan fingerprint density at radius 3 is 2.50 bits per heavy atom. The minimum Gasteiger partial charge on any atom is -0.456 e. The lowest BCUT2D eigenvalue weighted by atomic mass is 10.1. The van der Waals surface area contributed by atoms with Crippen molar-refractivity contribution in [3.8, 4) is 0 Å². The zero-order valence-electron chi connectivity index (χ0n) is 9.82. The highest BCUT2D eigenvalue weighted by Crippen LogP contribution is 2.18. The highest BCUT2D eigenvalue weighted by molar-refractivity contribution is 5.83. The molecule has 0 aliphatic rings. The Morgan fingerprint density at radius 1 is 1.17 bits per heavy atom. The first-order chi connectivity index (χ1) is 8.47. The van der Waals surface area contributed by atoms with Gasteiger partial charge < -0.3 is 4.74 Å². The molecule has 0 saturated heterocycles. The molecule has 94 valence electrons. The van der Waals surface area contributed by atoms with Gasteiger partial charge in [0.1, 0.15) is 6.61 Å². The van der Waals surface area contributed by atoms with Crippen LogP contribution in [0.25, 0.3) is 10.8 Å². The number of alkyl halides is 2. The maximum Gasteiger partial charge on any atom is 0.376 e. The van der Waals surface area contributed by atoms with Crippen molar-refractivity contribution in [3.63, 3.8) is 0 Å². The van der Waals surface area contributed by atoms with Crippen LogP contribution in [0, 0.1) is 0 Å². The van der Waals surface area contributed by atoms with E-state index < -0.39 is 11.9 Å². The van der Waals surface area contributed by atoms with Crippen LogP contribution in [0.2, 0.25) is 0 Å². The molecule has 2 aromatic carbocycles. The average Bonchev–Trinajstić information content (AvgIpc) is 2.34. The second-order valence-electron chi connectivity index (χ2n) is 4.15. The molecule has 0 unspecified atom stereocenters. The van der Waals surface area contributed by atoms with Gasteiger partial charge in [-0.3, -0.25) is 0 Å². The lowest BCUT2D eigenvalue weighted by Gasteiger charge is -2.10. The molecule has 0 fully saturated rings. The summed E-state index contributed by atoms with van der Waals surface area (Å²) in [7, 11) is 0. The van der Waals surface area contributed by atoms with E-state index in [1.807, 2.05) is 36.4 Å². The van der Waals surface area contributed by atoms with Gasteiger partial charge in [-0.15, -0.1) is 0 Å². The number of halogens is 2. The number of ether oxygens (including phenoxy) is 1. The summed E-state index contributed by atoms with van der Waals surface area (Å²) >= 11 is 0. The van der Waals surface area contributed by atoms with Gasteiger partial charge in [0.05, 0.1) is 0 Å². The molecular formula is C14H12F2O2. The number of carbonyl (C=O) groups is 1. The summed E-state index contributed by atoms with van der Waals surface area (Å²) < 4.78 is 29.7. The van der Waals surface area contributed by atoms with E-state index in [4.69, 9.17) is 0 Å². The summed E-state index contributed by atoms with van der Waals surface area (Å²) in [6, 6.07) is 13.1. The van der Waals surface area contributed by atoms with Gasteiger partial charge >= 0.3 is 11.9 Å². The number of carbonyl (C=O) groups excluding carboxylic acids is 1. The van der Waals surface area contributed by atoms with Gasteiger partial charge in [0.25, 0.3) is 0 Å². The second-order valence-corrected chi connectivity index (χ2v) is 4.15. The van der Waals surface area contributed by atoms with Crippen LogP contribution in [-0.4, -0.2) is 11.9 Å². The fourth-order valence-electron chi connectivity index (χ4n) is 1.60. The summed E-state index contributed by atoms with van der Waals surface area (Å²) in [6.07, 6.45) is 0. The van der Waals surface area contributed by atoms with Crippen LogP contribution in [0.3, 0.4) is 0 Å². The summed E-state index contributed by atoms with van der Waals surface area (Å²) in [5.41, 5.74) is 0.686. The molecule has 18 heavy (non-hydrogen) atoms. The zero-order valence-corrected chi connectivity index (χ0v) is 9.82. The molecule has 0 radical (unpaired) electrons. The number of rotatable bonds is 3. The molecule has 0 heterocycles. The molecule has 0 aliphatic carbocycles. The second kappa shape index (κ2) is 4.72. The topological polar surface area (TPSA) is 26.3 Å². The minimum atomic E-state index is -3.45. The molecule has 0 N–H and O–H groups in total. The van der Waals surface area contributed by atoms with Crippen molar-refractivity contribution in [2.75, 3.05) is 0 Å². The molecule has 0 saturated carbocycles. The lowest BCUT2D eigenvalue weighted by Crippen LogP contribution is -2.26. The Morgan fingerprint density at radius 2 is 1.83 bits per heavy atom. The Bertz CT molecular complexity index is 573. The predicted molar refractivity (Wildman–Crippen MR) is 64.4 cm³/mol. The van der Waals surface area contributed by atoms with Crippen LogP contribution in [0.1, 0.15) is 12.5 Å². The number of benzene rings is 2. The first-order valence-corrected chi connectivity index (χ1v) is 5.49. The number of hydrogen-bond acceptors (Lipinski definition) is 2. The van der Waals surface area contributed by atoms with Gasteiger partial charge in [-0.1, -0.05) is 36.4 Å². The maximum absolute atomic E-state index is 12.6. The van der Waals surface area contributed by atoms with E-state index >= 15 is 0 Å². The van der Waals surface area contributed by atoms with E-state index in [2.05, 4.69) is 4.74 Å². The van der Waals surface area contributed by atoms with Crippen molar-refractivity contribution in [3.05, 3.63) is 48.0 Å². The van der Waals surface area contributed by atoms with Crippen molar-refractivity contribution in [1.82, 2.24) is 0 Å². The number of fused-ring (bicyclic) bond motifs is 1. The zero-order chi connectivity index (χ0) is 13.2. The van der Waals surface area contributed by atoms with E-state index in [0.717, 1.165) is 10.8 Å². The van der Waals surface area contributed by atoms with Crippen LogP contribution >= 0.6 is 0 Å². The van der Waals surface area contributed by atoms with E-state index in [0.29, 0.717) is 12.5 Å². The molecule has 0 amide bonds. The Hall–Kier alpha value is -1.97. The van der Waals surface area contributed by atoms with E-state index in [9.17, 15) is 13.6 Å². The molecule has 0 bridgehead atoms. The molecule has 2 rings (SSSR count). The SMILES string of the molecule is CC(F)(F)C(=O)OCc1ccc2ccccc2c1. The third-order valence-corrected chi connectivity index (χ3v) is 2.54. The molecule has 0 spiro atoms. The van der Waals surface area contributed by atoms with Crippen LogP contribution in [0.4, 0.5) is 8.78 Å².